The smallest absolute Gasteiger partial charge is 0.297 e. The van der Waals surface area contributed by atoms with Crippen molar-refractivity contribution < 1.29 is 17.0 Å². The molecule has 4 nitrogen and oxygen atoms in total. The maximum absolute atomic E-state index is 13.2. The van der Waals surface area contributed by atoms with E-state index in [1.807, 2.05) is 44.2 Å². The predicted molar refractivity (Wildman–Crippen MR) is 130 cm³/mol. The molecule has 0 spiro atoms. The van der Waals surface area contributed by atoms with Gasteiger partial charge in [0.15, 0.2) is 8.32 Å². The zero-order chi connectivity index (χ0) is 23.4. The Morgan fingerprint density at radius 2 is 1.55 bits per heavy atom. The highest BCUT2D eigenvalue weighted by atomic mass is 32.2. The molecule has 6 heteroatoms. The first-order valence-electron chi connectivity index (χ1n) is 10.6. The summed E-state index contributed by atoms with van der Waals surface area (Å²) in [6, 6.07) is 16.1. The Hall–Kier alpha value is -1.73. The number of hydrogen-bond acceptors (Lipinski definition) is 4. The van der Waals surface area contributed by atoms with Crippen molar-refractivity contribution in [3.63, 3.8) is 0 Å². The van der Waals surface area contributed by atoms with Crippen molar-refractivity contribution in [1.29, 1.82) is 0 Å². The van der Waals surface area contributed by atoms with Crippen LogP contribution in [0.2, 0.25) is 18.1 Å². The van der Waals surface area contributed by atoms with Gasteiger partial charge >= 0.3 is 0 Å². The van der Waals surface area contributed by atoms with E-state index >= 15 is 0 Å². The number of hydrogen-bond donors (Lipinski definition) is 0. The van der Waals surface area contributed by atoms with Gasteiger partial charge in [0.25, 0.3) is 10.1 Å². The monoisotopic (exact) mass is 460 g/mol. The van der Waals surface area contributed by atoms with Gasteiger partial charge in [-0.25, -0.2) is 0 Å². The molecule has 3 atom stereocenters. The molecule has 1 unspecified atom stereocenters. The predicted octanol–water partition coefficient (Wildman–Crippen LogP) is 6.65. The van der Waals surface area contributed by atoms with Gasteiger partial charge in [-0.05, 0) is 42.8 Å². The Morgan fingerprint density at radius 1 is 1.00 bits per heavy atom. The number of aryl methyl sites for hydroxylation is 1. The SMILES string of the molecule is C=C[C@@H](C)[C@@H](O[Si](C)(C)C(C)(C)C)C(OS(=O)(=O)c1ccc(C)cc1)c1ccccc1. The van der Waals surface area contributed by atoms with E-state index in [9.17, 15) is 8.42 Å². The van der Waals surface area contributed by atoms with Crippen LogP contribution < -0.4 is 0 Å². The van der Waals surface area contributed by atoms with E-state index in [1.54, 1.807) is 30.3 Å². The average Bonchev–Trinajstić information content (AvgIpc) is 2.70. The molecule has 31 heavy (non-hydrogen) atoms. The molecule has 0 amide bonds. The zero-order valence-corrected chi connectivity index (χ0v) is 21.6. The van der Waals surface area contributed by atoms with Gasteiger partial charge in [0.1, 0.15) is 6.10 Å². The molecule has 0 bridgehead atoms. The first kappa shape index (κ1) is 25.5. The van der Waals surface area contributed by atoms with Crippen molar-refractivity contribution in [2.45, 2.75) is 69.9 Å². The molecule has 0 fully saturated rings. The van der Waals surface area contributed by atoms with Crippen LogP contribution in [0.5, 0.6) is 0 Å². The molecule has 0 aliphatic rings. The Morgan fingerprint density at radius 3 is 2.03 bits per heavy atom. The van der Waals surface area contributed by atoms with Crippen molar-refractivity contribution in [1.82, 2.24) is 0 Å². The van der Waals surface area contributed by atoms with Crippen LogP contribution in [0.1, 0.15) is 44.9 Å². The van der Waals surface area contributed by atoms with Crippen LogP contribution >= 0.6 is 0 Å². The Kier molecular flexibility index (Phi) is 8.08. The minimum absolute atomic E-state index is 0.0385. The number of rotatable bonds is 9. The highest BCUT2D eigenvalue weighted by Crippen LogP contribution is 2.41. The van der Waals surface area contributed by atoms with Crippen LogP contribution in [0.15, 0.2) is 72.1 Å². The molecule has 2 aromatic carbocycles. The minimum Gasteiger partial charge on any atom is -0.410 e. The third-order valence-corrected chi connectivity index (χ3v) is 11.9. The van der Waals surface area contributed by atoms with E-state index in [4.69, 9.17) is 8.61 Å². The van der Waals surface area contributed by atoms with Gasteiger partial charge in [-0.3, -0.25) is 4.18 Å². The standard InChI is InChI=1S/C25H36O4SSi/c1-9-20(3)23(29-31(7,8)25(4,5)6)24(21-13-11-10-12-14-21)28-30(26,27)22-17-15-19(2)16-18-22/h9-18,20,23-24H,1H2,2-8H3/t20-,23-,24?/m1/s1. The molecule has 0 saturated carbocycles. The summed E-state index contributed by atoms with van der Waals surface area (Å²) in [6.45, 7) is 18.7. The summed E-state index contributed by atoms with van der Waals surface area (Å²) in [5.74, 6) is -0.118. The summed E-state index contributed by atoms with van der Waals surface area (Å²) >= 11 is 0. The maximum atomic E-state index is 13.2. The highest BCUT2D eigenvalue weighted by Gasteiger charge is 2.43. The first-order chi connectivity index (χ1) is 14.3. The van der Waals surface area contributed by atoms with E-state index in [2.05, 4.69) is 40.4 Å². The van der Waals surface area contributed by atoms with Crippen LogP contribution in [-0.2, 0) is 18.7 Å². The fraction of sp³-hybridized carbons (Fsp3) is 0.440. The first-order valence-corrected chi connectivity index (χ1v) is 15.0. The minimum atomic E-state index is -4.00. The van der Waals surface area contributed by atoms with Crippen molar-refractivity contribution in [3.05, 3.63) is 78.4 Å². The average molecular weight is 461 g/mol. The molecule has 0 heterocycles. The van der Waals surface area contributed by atoms with Gasteiger partial charge in [-0.15, -0.1) is 6.58 Å². The van der Waals surface area contributed by atoms with Crippen LogP contribution in [0.25, 0.3) is 0 Å². The molecule has 0 aromatic heterocycles. The van der Waals surface area contributed by atoms with Crippen LogP contribution in [-0.4, -0.2) is 22.8 Å². The number of benzene rings is 2. The molecule has 0 aliphatic carbocycles. The normalized spacial score (nSPS) is 15.8. The molecule has 0 N–H and O–H groups in total. The summed E-state index contributed by atoms with van der Waals surface area (Å²) < 4.78 is 39.1. The Bertz CT molecular complexity index is 961. The van der Waals surface area contributed by atoms with E-state index in [1.165, 1.54) is 0 Å². The largest absolute Gasteiger partial charge is 0.410 e. The summed E-state index contributed by atoms with van der Waals surface area (Å²) in [7, 11) is -6.23. The Balaban J connectivity index is 2.54. The molecule has 2 rings (SSSR count). The molecular weight excluding hydrogens is 424 g/mol. The van der Waals surface area contributed by atoms with Gasteiger partial charge in [0, 0.05) is 5.92 Å². The van der Waals surface area contributed by atoms with E-state index < -0.39 is 30.6 Å². The second kappa shape index (κ2) is 9.82. The summed E-state index contributed by atoms with van der Waals surface area (Å²) in [4.78, 5) is 0.136. The van der Waals surface area contributed by atoms with Gasteiger partial charge in [-0.1, -0.05) is 81.8 Å². The summed E-state index contributed by atoms with van der Waals surface area (Å²) in [5.41, 5.74) is 1.74. The van der Waals surface area contributed by atoms with Crippen molar-refractivity contribution in [2.75, 3.05) is 0 Å². The van der Waals surface area contributed by atoms with E-state index in [0.717, 1.165) is 11.1 Å². The fourth-order valence-electron chi connectivity index (χ4n) is 2.94. The van der Waals surface area contributed by atoms with Crippen LogP contribution in [0, 0.1) is 12.8 Å². The lowest BCUT2D eigenvalue weighted by atomic mass is 9.95. The van der Waals surface area contributed by atoms with Crippen LogP contribution in [0.4, 0.5) is 0 Å². The highest BCUT2D eigenvalue weighted by molar-refractivity contribution is 7.86. The summed E-state index contributed by atoms with van der Waals surface area (Å²) in [6.07, 6.45) is 0.505. The quantitative estimate of drug-likeness (QED) is 0.239. The van der Waals surface area contributed by atoms with E-state index in [-0.39, 0.29) is 15.9 Å². The topological polar surface area (TPSA) is 52.6 Å². The second-order valence-electron chi connectivity index (χ2n) is 9.63. The van der Waals surface area contributed by atoms with Crippen LogP contribution in [0.3, 0.4) is 0 Å². The lowest BCUT2D eigenvalue weighted by molar-refractivity contribution is 0.0252. The molecule has 170 valence electrons. The molecule has 0 aliphatic heterocycles. The van der Waals surface area contributed by atoms with Gasteiger partial charge in [0.2, 0.25) is 0 Å². The zero-order valence-electron chi connectivity index (χ0n) is 19.8. The van der Waals surface area contributed by atoms with E-state index in [0.29, 0.717) is 0 Å². The molecule has 0 saturated heterocycles. The van der Waals surface area contributed by atoms with Crippen molar-refractivity contribution in [2.24, 2.45) is 5.92 Å². The molecular formula is C25H36O4SSi. The van der Waals surface area contributed by atoms with Gasteiger partial charge in [-0.2, -0.15) is 8.42 Å². The Labute approximate surface area is 189 Å². The van der Waals surface area contributed by atoms with Crippen molar-refractivity contribution in [3.8, 4) is 0 Å². The van der Waals surface area contributed by atoms with Gasteiger partial charge < -0.3 is 4.43 Å². The second-order valence-corrected chi connectivity index (χ2v) is 16.0. The lowest BCUT2D eigenvalue weighted by Gasteiger charge is -2.42. The van der Waals surface area contributed by atoms with Gasteiger partial charge in [0.05, 0.1) is 11.0 Å². The third-order valence-electron chi connectivity index (χ3n) is 6.09. The maximum Gasteiger partial charge on any atom is 0.297 e. The fourth-order valence-corrected chi connectivity index (χ4v) is 5.38. The molecule has 0 radical (unpaired) electrons. The third kappa shape index (κ3) is 6.39. The molecule has 2 aromatic rings. The van der Waals surface area contributed by atoms with Crippen molar-refractivity contribution >= 4 is 18.4 Å². The summed E-state index contributed by atoms with van der Waals surface area (Å²) in [5, 5.41) is -0.0385. The lowest BCUT2D eigenvalue weighted by Crippen LogP contribution is -2.47.